The van der Waals surface area contributed by atoms with E-state index in [2.05, 4.69) is 4.90 Å². The first-order valence-corrected chi connectivity index (χ1v) is 9.50. The summed E-state index contributed by atoms with van der Waals surface area (Å²) in [6, 6.07) is 9.63. The standard InChI is InChI=1S/C22H20FNO4/c23-15-4-1-3-14(9-15)10-20-21(25)17-6-7-19-18(22(17)28-20)12-24(13-27-19)11-16-5-2-8-26-16/h1,3-4,6-7,9-10,16H,2,5,8,11-13H2/t16-/m1/s1. The van der Waals surface area contributed by atoms with Crippen LogP contribution in [0.15, 0.2) is 42.2 Å². The lowest BCUT2D eigenvalue weighted by Crippen LogP contribution is -2.37. The number of fused-ring (bicyclic) bond motifs is 3. The maximum Gasteiger partial charge on any atom is 0.231 e. The minimum absolute atomic E-state index is 0.196. The molecule has 0 bridgehead atoms. The Bertz CT molecular complexity index is 965. The van der Waals surface area contributed by atoms with Crippen molar-refractivity contribution in [1.29, 1.82) is 0 Å². The number of carbonyl (C=O) groups is 1. The van der Waals surface area contributed by atoms with Crippen molar-refractivity contribution in [3.05, 3.63) is 64.7 Å². The van der Waals surface area contributed by atoms with Gasteiger partial charge in [0.25, 0.3) is 0 Å². The van der Waals surface area contributed by atoms with Crippen molar-refractivity contribution in [3.8, 4) is 11.5 Å². The Hall–Kier alpha value is -2.70. The van der Waals surface area contributed by atoms with Crippen molar-refractivity contribution in [3.63, 3.8) is 0 Å². The Morgan fingerprint density at radius 3 is 3.00 bits per heavy atom. The number of hydrogen-bond acceptors (Lipinski definition) is 5. The molecule has 0 radical (unpaired) electrons. The number of carbonyl (C=O) groups excluding carboxylic acids is 1. The number of benzene rings is 2. The van der Waals surface area contributed by atoms with Gasteiger partial charge in [-0.3, -0.25) is 9.69 Å². The topological polar surface area (TPSA) is 48.0 Å². The number of rotatable bonds is 3. The molecule has 1 fully saturated rings. The Kier molecular flexibility index (Phi) is 4.37. The lowest BCUT2D eigenvalue weighted by molar-refractivity contribution is 0.0274. The average molecular weight is 381 g/mol. The lowest BCUT2D eigenvalue weighted by Gasteiger charge is -2.31. The van der Waals surface area contributed by atoms with E-state index >= 15 is 0 Å². The molecule has 6 heteroatoms. The van der Waals surface area contributed by atoms with Crippen LogP contribution in [0.5, 0.6) is 11.5 Å². The molecule has 2 aromatic rings. The lowest BCUT2D eigenvalue weighted by atomic mass is 10.0. The summed E-state index contributed by atoms with van der Waals surface area (Å²) in [5.41, 5.74) is 1.97. The van der Waals surface area contributed by atoms with Crippen molar-refractivity contribution in [2.75, 3.05) is 19.9 Å². The van der Waals surface area contributed by atoms with Crippen molar-refractivity contribution in [2.45, 2.75) is 25.5 Å². The molecule has 1 saturated heterocycles. The summed E-state index contributed by atoms with van der Waals surface area (Å²) < 4.78 is 31.0. The molecule has 28 heavy (non-hydrogen) atoms. The molecule has 1 atom stereocenters. The number of ether oxygens (including phenoxy) is 3. The van der Waals surface area contributed by atoms with Crippen LogP contribution in [0.1, 0.15) is 34.3 Å². The van der Waals surface area contributed by atoms with Crippen LogP contribution in [-0.4, -0.2) is 36.7 Å². The summed E-state index contributed by atoms with van der Waals surface area (Å²) >= 11 is 0. The second kappa shape index (κ2) is 7.04. The zero-order valence-corrected chi connectivity index (χ0v) is 15.3. The zero-order chi connectivity index (χ0) is 19.1. The first-order chi connectivity index (χ1) is 13.7. The highest BCUT2D eigenvalue weighted by Gasteiger charge is 2.34. The molecule has 5 nitrogen and oxygen atoms in total. The van der Waals surface area contributed by atoms with E-state index in [9.17, 15) is 9.18 Å². The molecule has 3 aliphatic heterocycles. The molecule has 0 unspecified atom stereocenters. The summed E-state index contributed by atoms with van der Waals surface area (Å²) in [6.45, 7) is 2.74. The summed E-state index contributed by atoms with van der Waals surface area (Å²) in [6.07, 6.45) is 3.96. The fourth-order valence-electron chi connectivity index (χ4n) is 3.95. The van der Waals surface area contributed by atoms with Crippen LogP contribution >= 0.6 is 0 Å². The van der Waals surface area contributed by atoms with Crippen LogP contribution in [-0.2, 0) is 11.3 Å². The van der Waals surface area contributed by atoms with E-state index in [0.717, 1.165) is 37.3 Å². The molecular weight excluding hydrogens is 361 g/mol. The quantitative estimate of drug-likeness (QED) is 0.758. The predicted octanol–water partition coefficient (Wildman–Crippen LogP) is 3.77. The van der Waals surface area contributed by atoms with Gasteiger partial charge in [0.1, 0.15) is 24.0 Å². The number of nitrogens with zero attached hydrogens (tertiary/aromatic N) is 1. The van der Waals surface area contributed by atoms with Crippen LogP contribution in [0.3, 0.4) is 0 Å². The van der Waals surface area contributed by atoms with Crippen LogP contribution < -0.4 is 9.47 Å². The van der Waals surface area contributed by atoms with E-state index in [-0.39, 0.29) is 23.5 Å². The second-order valence-electron chi connectivity index (χ2n) is 7.33. The molecule has 5 rings (SSSR count). The second-order valence-corrected chi connectivity index (χ2v) is 7.33. The van der Waals surface area contributed by atoms with Gasteiger partial charge in [0.15, 0.2) is 5.76 Å². The first kappa shape index (κ1) is 17.4. The minimum atomic E-state index is -0.354. The fourth-order valence-corrected chi connectivity index (χ4v) is 3.95. The van der Waals surface area contributed by atoms with Crippen LogP contribution in [0.2, 0.25) is 0 Å². The van der Waals surface area contributed by atoms with E-state index in [4.69, 9.17) is 14.2 Å². The van der Waals surface area contributed by atoms with Crippen molar-refractivity contribution < 1.29 is 23.4 Å². The van der Waals surface area contributed by atoms with E-state index in [1.54, 1.807) is 24.3 Å². The largest absolute Gasteiger partial charge is 0.478 e. The highest BCUT2D eigenvalue weighted by molar-refractivity contribution is 6.15. The molecule has 3 aliphatic rings. The molecule has 0 N–H and O–H groups in total. The Morgan fingerprint density at radius 2 is 2.18 bits per heavy atom. The smallest absolute Gasteiger partial charge is 0.231 e. The summed E-state index contributed by atoms with van der Waals surface area (Å²) in [4.78, 5) is 14.9. The van der Waals surface area contributed by atoms with Crippen LogP contribution in [0.4, 0.5) is 4.39 Å². The van der Waals surface area contributed by atoms with Gasteiger partial charge in [-0.2, -0.15) is 0 Å². The van der Waals surface area contributed by atoms with Gasteiger partial charge >= 0.3 is 0 Å². The van der Waals surface area contributed by atoms with E-state index in [1.807, 2.05) is 6.07 Å². The minimum Gasteiger partial charge on any atom is -0.478 e. The van der Waals surface area contributed by atoms with E-state index < -0.39 is 0 Å². The van der Waals surface area contributed by atoms with Crippen molar-refractivity contribution >= 4 is 11.9 Å². The zero-order valence-electron chi connectivity index (χ0n) is 15.3. The highest BCUT2D eigenvalue weighted by atomic mass is 19.1. The van der Waals surface area contributed by atoms with E-state index in [0.29, 0.717) is 30.2 Å². The monoisotopic (exact) mass is 381 g/mol. The SMILES string of the molecule is O=C1C(=Cc2cccc(F)c2)Oc2c1ccc1c2CN(C[C@H]2CCCO2)CO1. The highest BCUT2D eigenvalue weighted by Crippen LogP contribution is 2.42. The molecule has 3 heterocycles. The number of Topliss-reactive ketones (excluding diaryl/α,β-unsaturated/α-hetero) is 1. The van der Waals surface area contributed by atoms with Crippen LogP contribution in [0.25, 0.3) is 6.08 Å². The molecule has 0 saturated carbocycles. The summed E-state index contributed by atoms with van der Waals surface area (Å²) in [5, 5.41) is 0. The first-order valence-electron chi connectivity index (χ1n) is 9.50. The molecule has 0 spiro atoms. The normalized spacial score (nSPS) is 22.7. The Morgan fingerprint density at radius 1 is 1.25 bits per heavy atom. The van der Waals surface area contributed by atoms with Gasteiger partial charge < -0.3 is 14.2 Å². The molecule has 0 aliphatic carbocycles. The number of hydrogen-bond donors (Lipinski definition) is 0. The third-order valence-electron chi connectivity index (χ3n) is 5.31. The summed E-state index contributed by atoms with van der Waals surface area (Å²) in [7, 11) is 0. The van der Waals surface area contributed by atoms with Gasteiger partial charge in [-0.15, -0.1) is 0 Å². The maximum absolute atomic E-state index is 13.4. The van der Waals surface area contributed by atoms with Gasteiger partial charge in [0, 0.05) is 19.7 Å². The number of halogens is 1. The summed E-state index contributed by atoms with van der Waals surface area (Å²) in [5.74, 6) is 0.931. The van der Waals surface area contributed by atoms with Gasteiger partial charge in [-0.05, 0) is 48.7 Å². The van der Waals surface area contributed by atoms with Crippen molar-refractivity contribution in [2.24, 2.45) is 0 Å². The van der Waals surface area contributed by atoms with E-state index in [1.165, 1.54) is 12.1 Å². The molecule has 0 amide bonds. The Labute approximate surface area is 162 Å². The van der Waals surface area contributed by atoms with Gasteiger partial charge in [-0.25, -0.2) is 4.39 Å². The molecular formula is C22H20FNO4. The van der Waals surface area contributed by atoms with Crippen molar-refractivity contribution in [1.82, 2.24) is 4.90 Å². The molecule has 0 aromatic heterocycles. The van der Waals surface area contributed by atoms with Gasteiger partial charge in [0.05, 0.1) is 17.2 Å². The maximum atomic E-state index is 13.4. The average Bonchev–Trinajstić information content (AvgIpc) is 3.31. The molecule has 144 valence electrons. The van der Waals surface area contributed by atoms with Gasteiger partial charge in [-0.1, -0.05) is 12.1 Å². The third-order valence-corrected chi connectivity index (χ3v) is 5.31. The predicted molar refractivity (Wildman–Crippen MR) is 101 cm³/mol. The Balaban J connectivity index is 1.42. The number of allylic oxidation sites excluding steroid dienone is 1. The molecule has 2 aromatic carbocycles. The van der Waals surface area contributed by atoms with Gasteiger partial charge in [0.2, 0.25) is 5.78 Å². The fraction of sp³-hybridized carbons (Fsp3) is 0.318. The number of ketones is 1. The third kappa shape index (κ3) is 3.19. The van der Waals surface area contributed by atoms with Crippen LogP contribution in [0, 0.1) is 5.82 Å².